The number of oxazole rings is 1. The fraction of sp³-hybridized carbons (Fsp3) is 0.545. The molecule has 0 atom stereocenters. The molecule has 1 saturated carbocycles. The molecule has 0 radical (unpaired) electrons. The topological polar surface area (TPSA) is 70.8 Å². The number of aromatic nitrogens is 1. The molecule has 2 aromatic rings. The molecule has 0 unspecified atom stereocenters. The van der Waals surface area contributed by atoms with E-state index >= 15 is 0 Å². The zero-order chi connectivity index (χ0) is 20.8. The number of rotatable bonds is 10. The summed E-state index contributed by atoms with van der Waals surface area (Å²) in [5, 5.41) is 2.90. The van der Waals surface area contributed by atoms with Crippen molar-refractivity contribution in [3.05, 3.63) is 53.5 Å². The van der Waals surface area contributed by atoms with Crippen LogP contribution in [0.15, 0.2) is 34.9 Å². The van der Waals surface area contributed by atoms with Crippen LogP contribution in [0.3, 0.4) is 0 Å². The molecule has 0 spiro atoms. The van der Waals surface area contributed by atoms with Crippen LogP contribution < -0.4 is 5.32 Å². The van der Waals surface area contributed by atoms with Gasteiger partial charge in [0.05, 0.1) is 19.8 Å². The molecule has 1 aromatic heterocycles. The summed E-state index contributed by atoms with van der Waals surface area (Å²) in [6.45, 7) is 6.67. The van der Waals surface area contributed by atoms with Gasteiger partial charge in [-0.1, -0.05) is 12.1 Å². The SMILES string of the molecule is O=C(NCCN1CCOCC1)c1coc(CN(Cc2cccc(F)c2)CC2CC2)n1. The lowest BCUT2D eigenvalue weighted by Crippen LogP contribution is -2.41. The van der Waals surface area contributed by atoms with Crippen molar-refractivity contribution < 1.29 is 18.3 Å². The molecule has 0 bridgehead atoms. The zero-order valence-corrected chi connectivity index (χ0v) is 17.2. The Balaban J connectivity index is 1.29. The Morgan fingerprint density at radius 2 is 2.10 bits per heavy atom. The van der Waals surface area contributed by atoms with Gasteiger partial charge in [-0.05, 0) is 36.5 Å². The van der Waals surface area contributed by atoms with Crippen LogP contribution in [-0.4, -0.2) is 66.6 Å². The average molecular weight is 416 g/mol. The van der Waals surface area contributed by atoms with E-state index < -0.39 is 0 Å². The average Bonchev–Trinajstić information content (AvgIpc) is 3.43. The molecule has 1 aliphatic carbocycles. The monoisotopic (exact) mass is 416 g/mol. The second kappa shape index (κ2) is 10.1. The number of benzene rings is 1. The van der Waals surface area contributed by atoms with Crippen LogP contribution in [0.5, 0.6) is 0 Å². The molecule has 1 aromatic carbocycles. The highest BCUT2D eigenvalue weighted by atomic mass is 19.1. The standard InChI is InChI=1S/C22H29FN4O3/c23-19-3-1-2-18(12-19)14-27(13-17-4-5-17)15-21-25-20(16-30-21)22(28)24-6-7-26-8-10-29-11-9-26/h1-3,12,16-17H,4-11,13-15H2,(H,24,28). The Labute approximate surface area is 176 Å². The van der Waals surface area contributed by atoms with Gasteiger partial charge in [0.25, 0.3) is 5.91 Å². The number of hydrogen-bond acceptors (Lipinski definition) is 6. The first kappa shape index (κ1) is 21.0. The largest absolute Gasteiger partial charge is 0.447 e. The fourth-order valence-corrected chi connectivity index (χ4v) is 3.67. The maximum Gasteiger partial charge on any atom is 0.273 e. The number of amides is 1. The molecule has 2 fully saturated rings. The summed E-state index contributed by atoms with van der Waals surface area (Å²) in [6, 6.07) is 6.66. The van der Waals surface area contributed by atoms with Crippen molar-refractivity contribution in [1.82, 2.24) is 20.1 Å². The summed E-state index contributed by atoms with van der Waals surface area (Å²) in [5.74, 6) is 0.727. The number of ether oxygens (including phenoxy) is 1. The first-order valence-corrected chi connectivity index (χ1v) is 10.7. The van der Waals surface area contributed by atoms with Gasteiger partial charge < -0.3 is 14.5 Å². The van der Waals surface area contributed by atoms with Crippen molar-refractivity contribution in [1.29, 1.82) is 0 Å². The van der Waals surface area contributed by atoms with Crippen molar-refractivity contribution in [2.45, 2.75) is 25.9 Å². The van der Waals surface area contributed by atoms with Gasteiger partial charge in [0.2, 0.25) is 5.89 Å². The summed E-state index contributed by atoms with van der Waals surface area (Å²) in [7, 11) is 0. The molecule has 1 amide bonds. The maximum atomic E-state index is 13.5. The highest BCUT2D eigenvalue weighted by Gasteiger charge is 2.25. The maximum absolute atomic E-state index is 13.5. The minimum atomic E-state index is -0.231. The number of halogens is 1. The van der Waals surface area contributed by atoms with E-state index in [2.05, 4.69) is 20.1 Å². The van der Waals surface area contributed by atoms with Gasteiger partial charge in [-0.3, -0.25) is 14.6 Å². The van der Waals surface area contributed by atoms with E-state index in [0.717, 1.165) is 45.0 Å². The van der Waals surface area contributed by atoms with E-state index in [-0.39, 0.29) is 11.7 Å². The van der Waals surface area contributed by atoms with Gasteiger partial charge in [-0.25, -0.2) is 9.37 Å². The number of nitrogens with zero attached hydrogens (tertiary/aromatic N) is 3. The van der Waals surface area contributed by atoms with Gasteiger partial charge in [-0.15, -0.1) is 0 Å². The van der Waals surface area contributed by atoms with Crippen molar-refractivity contribution in [2.24, 2.45) is 5.92 Å². The fourth-order valence-electron chi connectivity index (χ4n) is 3.67. The van der Waals surface area contributed by atoms with Crippen molar-refractivity contribution >= 4 is 5.91 Å². The van der Waals surface area contributed by atoms with Crippen molar-refractivity contribution in [2.75, 3.05) is 45.9 Å². The Morgan fingerprint density at radius 1 is 1.27 bits per heavy atom. The molecule has 1 N–H and O–H groups in total. The number of morpholine rings is 1. The Bertz CT molecular complexity index is 833. The second-order valence-electron chi connectivity index (χ2n) is 8.08. The van der Waals surface area contributed by atoms with Crippen LogP contribution >= 0.6 is 0 Å². The zero-order valence-electron chi connectivity index (χ0n) is 17.2. The van der Waals surface area contributed by atoms with Crippen LogP contribution in [0.25, 0.3) is 0 Å². The summed E-state index contributed by atoms with van der Waals surface area (Å²) in [6.07, 6.45) is 3.86. The molecule has 30 heavy (non-hydrogen) atoms. The minimum absolute atomic E-state index is 0.225. The number of carbonyl (C=O) groups is 1. The van der Waals surface area contributed by atoms with Crippen LogP contribution in [0.1, 0.15) is 34.8 Å². The smallest absolute Gasteiger partial charge is 0.273 e. The highest BCUT2D eigenvalue weighted by Crippen LogP contribution is 2.30. The predicted molar refractivity (Wildman–Crippen MR) is 109 cm³/mol. The summed E-state index contributed by atoms with van der Waals surface area (Å²) in [5.41, 5.74) is 1.22. The first-order chi connectivity index (χ1) is 14.7. The van der Waals surface area contributed by atoms with Crippen molar-refractivity contribution in [3.8, 4) is 0 Å². The summed E-state index contributed by atoms with van der Waals surface area (Å²) < 4.78 is 24.4. The first-order valence-electron chi connectivity index (χ1n) is 10.7. The molecular weight excluding hydrogens is 387 g/mol. The van der Waals surface area contributed by atoms with Gasteiger partial charge in [0.15, 0.2) is 5.69 Å². The van der Waals surface area contributed by atoms with E-state index in [1.165, 1.54) is 25.2 Å². The number of carbonyl (C=O) groups excluding carboxylic acids is 1. The minimum Gasteiger partial charge on any atom is -0.447 e. The molecule has 162 valence electrons. The lowest BCUT2D eigenvalue weighted by Gasteiger charge is -2.26. The number of hydrogen-bond donors (Lipinski definition) is 1. The lowest BCUT2D eigenvalue weighted by atomic mass is 10.2. The van der Waals surface area contributed by atoms with E-state index in [4.69, 9.17) is 9.15 Å². The van der Waals surface area contributed by atoms with Gasteiger partial charge in [0.1, 0.15) is 12.1 Å². The number of nitrogens with one attached hydrogen (secondary N) is 1. The van der Waals surface area contributed by atoms with Crippen LogP contribution in [0.2, 0.25) is 0 Å². The van der Waals surface area contributed by atoms with Gasteiger partial charge in [-0.2, -0.15) is 0 Å². The quantitative estimate of drug-likeness (QED) is 0.641. The van der Waals surface area contributed by atoms with Gasteiger partial charge in [0, 0.05) is 39.3 Å². The van der Waals surface area contributed by atoms with E-state index in [1.807, 2.05) is 6.07 Å². The van der Waals surface area contributed by atoms with Crippen LogP contribution in [0, 0.1) is 11.7 Å². The van der Waals surface area contributed by atoms with Gasteiger partial charge >= 0.3 is 0 Å². The molecule has 8 heteroatoms. The Kier molecular flexibility index (Phi) is 7.09. The second-order valence-corrected chi connectivity index (χ2v) is 8.08. The normalized spacial score (nSPS) is 17.4. The molecule has 2 heterocycles. The Hall–Kier alpha value is -2.29. The third-order valence-electron chi connectivity index (χ3n) is 5.47. The molecule has 4 rings (SSSR count). The molecule has 1 saturated heterocycles. The molecule has 1 aliphatic heterocycles. The lowest BCUT2D eigenvalue weighted by molar-refractivity contribution is 0.0383. The Morgan fingerprint density at radius 3 is 2.87 bits per heavy atom. The van der Waals surface area contributed by atoms with Crippen molar-refractivity contribution in [3.63, 3.8) is 0 Å². The molecular formula is C22H29FN4O3. The molecule has 2 aliphatic rings. The van der Waals surface area contributed by atoms with E-state index in [1.54, 1.807) is 12.1 Å². The third-order valence-corrected chi connectivity index (χ3v) is 5.47. The van der Waals surface area contributed by atoms with Crippen LogP contribution in [-0.2, 0) is 17.8 Å². The van der Waals surface area contributed by atoms with E-state index in [0.29, 0.717) is 37.1 Å². The van der Waals surface area contributed by atoms with E-state index in [9.17, 15) is 9.18 Å². The van der Waals surface area contributed by atoms with Crippen LogP contribution in [0.4, 0.5) is 4.39 Å². The predicted octanol–water partition coefficient (Wildman–Crippen LogP) is 2.29. The third kappa shape index (κ3) is 6.35. The highest BCUT2D eigenvalue weighted by molar-refractivity contribution is 5.91. The summed E-state index contributed by atoms with van der Waals surface area (Å²) >= 11 is 0. The summed E-state index contributed by atoms with van der Waals surface area (Å²) in [4.78, 5) is 21.2. The molecule has 7 nitrogen and oxygen atoms in total.